The number of carbonyl (C=O) groups excluding carboxylic acids is 1. The molecule has 2 heterocycles. The number of rotatable bonds is 5. The zero-order valence-corrected chi connectivity index (χ0v) is 12.0. The van der Waals surface area contributed by atoms with Gasteiger partial charge in [-0.05, 0) is 31.2 Å². The molecule has 1 saturated heterocycles. The summed E-state index contributed by atoms with van der Waals surface area (Å²) >= 11 is 1.30. The topological polar surface area (TPSA) is 87.7 Å². The number of ether oxygens (including phenoxy) is 1. The normalized spacial score (nSPS) is 23.2. The van der Waals surface area contributed by atoms with E-state index in [-0.39, 0.29) is 5.60 Å². The number of carboxylic acid groups (broad SMARTS) is 1. The van der Waals surface area contributed by atoms with Gasteiger partial charge in [0.05, 0.1) is 5.60 Å². The lowest BCUT2D eigenvalue weighted by Gasteiger charge is -2.24. The molecular formula is C13H18N2O4S. The Hall–Kier alpha value is -1.60. The van der Waals surface area contributed by atoms with Crippen molar-refractivity contribution in [1.29, 1.82) is 0 Å². The average molecular weight is 298 g/mol. The number of urea groups is 1. The van der Waals surface area contributed by atoms with Gasteiger partial charge >= 0.3 is 12.0 Å². The van der Waals surface area contributed by atoms with Crippen molar-refractivity contribution in [2.75, 3.05) is 13.2 Å². The molecule has 2 rings (SSSR count). The van der Waals surface area contributed by atoms with Crippen molar-refractivity contribution in [3.05, 3.63) is 22.4 Å². The van der Waals surface area contributed by atoms with Gasteiger partial charge in [0.1, 0.15) is 0 Å². The number of amides is 2. The summed E-state index contributed by atoms with van der Waals surface area (Å²) in [4.78, 5) is 23.6. The lowest BCUT2D eigenvalue weighted by atomic mass is 10.0. The zero-order chi connectivity index (χ0) is 14.6. The molecule has 2 unspecified atom stereocenters. The van der Waals surface area contributed by atoms with E-state index < -0.39 is 18.0 Å². The fraction of sp³-hybridized carbons (Fsp3) is 0.538. The van der Waals surface area contributed by atoms with Crippen LogP contribution in [0.3, 0.4) is 0 Å². The van der Waals surface area contributed by atoms with E-state index in [0.29, 0.717) is 18.0 Å². The highest BCUT2D eigenvalue weighted by molar-refractivity contribution is 7.10. The molecule has 1 fully saturated rings. The molecule has 0 spiro atoms. The van der Waals surface area contributed by atoms with Gasteiger partial charge in [0.15, 0.2) is 6.04 Å². The van der Waals surface area contributed by atoms with Gasteiger partial charge in [0.2, 0.25) is 0 Å². The number of thiophene rings is 1. The summed E-state index contributed by atoms with van der Waals surface area (Å²) in [5, 5.41) is 16.1. The van der Waals surface area contributed by atoms with Crippen molar-refractivity contribution in [3.8, 4) is 0 Å². The molecule has 1 aromatic heterocycles. The van der Waals surface area contributed by atoms with Crippen LogP contribution in [-0.2, 0) is 9.53 Å². The number of nitrogens with one attached hydrogen (secondary N) is 2. The molecule has 7 heteroatoms. The molecule has 6 nitrogen and oxygen atoms in total. The Kier molecular flexibility index (Phi) is 4.61. The summed E-state index contributed by atoms with van der Waals surface area (Å²) in [6.07, 6.45) is 1.87. The van der Waals surface area contributed by atoms with Crippen LogP contribution in [-0.4, -0.2) is 35.9 Å². The standard InChI is InChI=1S/C13H18N2O4S/c1-13(5-3-6-19-13)8-14-12(18)15-10(11(16)17)9-4-2-7-20-9/h2,4,7,10H,3,5-6,8H2,1H3,(H,16,17)(H2,14,15,18). The molecular weight excluding hydrogens is 280 g/mol. The van der Waals surface area contributed by atoms with Crippen LogP contribution in [0, 0.1) is 0 Å². The summed E-state index contributed by atoms with van der Waals surface area (Å²) in [7, 11) is 0. The lowest BCUT2D eigenvalue weighted by Crippen LogP contribution is -2.46. The Balaban J connectivity index is 1.87. The molecule has 1 aliphatic rings. The molecule has 2 atom stereocenters. The van der Waals surface area contributed by atoms with Gasteiger partial charge in [0.25, 0.3) is 0 Å². The van der Waals surface area contributed by atoms with Crippen LogP contribution < -0.4 is 10.6 Å². The third-order valence-corrected chi connectivity index (χ3v) is 4.21. The summed E-state index contributed by atoms with van der Waals surface area (Å²) in [5.74, 6) is -1.08. The second-order valence-corrected chi connectivity index (χ2v) is 5.99. The van der Waals surface area contributed by atoms with Crippen molar-refractivity contribution in [3.63, 3.8) is 0 Å². The highest BCUT2D eigenvalue weighted by Gasteiger charge is 2.30. The van der Waals surface area contributed by atoms with Crippen LogP contribution in [0.4, 0.5) is 4.79 Å². The second-order valence-electron chi connectivity index (χ2n) is 5.02. The van der Waals surface area contributed by atoms with Crippen LogP contribution in [0.5, 0.6) is 0 Å². The number of hydrogen-bond donors (Lipinski definition) is 3. The van der Waals surface area contributed by atoms with Crippen LogP contribution >= 0.6 is 11.3 Å². The fourth-order valence-electron chi connectivity index (χ4n) is 2.14. The Bertz CT molecular complexity index is 469. The maximum Gasteiger partial charge on any atom is 0.331 e. The first-order chi connectivity index (χ1) is 9.50. The minimum absolute atomic E-state index is 0.348. The SMILES string of the molecule is CC1(CNC(=O)NC(C(=O)O)c2cccs2)CCCO1. The van der Waals surface area contributed by atoms with Gasteiger partial charge in [-0.15, -0.1) is 11.3 Å². The molecule has 0 aromatic carbocycles. The molecule has 1 aliphatic heterocycles. The van der Waals surface area contributed by atoms with Gasteiger partial charge in [-0.2, -0.15) is 0 Å². The van der Waals surface area contributed by atoms with Gasteiger partial charge < -0.3 is 20.5 Å². The second kappa shape index (κ2) is 6.23. The highest BCUT2D eigenvalue weighted by atomic mass is 32.1. The molecule has 2 amide bonds. The van der Waals surface area contributed by atoms with Crippen LogP contribution in [0.25, 0.3) is 0 Å². The van der Waals surface area contributed by atoms with E-state index in [0.717, 1.165) is 12.8 Å². The van der Waals surface area contributed by atoms with Crippen LogP contribution in [0.1, 0.15) is 30.7 Å². The number of aliphatic carboxylic acids is 1. The van der Waals surface area contributed by atoms with Crippen molar-refractivity contribution in [1.82, 2.24) is 10.6 Å². The monoisotopic (exact) mass is 298 g/mol. The predicted molar refractivity (Wildman–Crippen MR) is 74.8 cm³/mol. The first-order valence-corrected chi connectivity index (χ1v) is 7.33. The molecule has 1 aromatic rings. The van der Waals surface area contributed by atoms with E-state index in [2.05, 4.69) is 10.6 Å². The van der Waals surface area contributed by atoms with E-state index in [4.69, 9.17) is 9.84 Å². The maximum atomic E-state index is 11.8. The van der Waals surface area contributed by atoms with E-state index in [1.165, 1.54) is 11.3 Å². The Morgan fingerprint density at radius 2 is 2.40 bits per heavy atom. The van der Waals surface area contributed by atoms with Crippen molar-refractivity contribution in [2.45, 2.75) is 31.4 Å². The number of carboxylic acids is 1. The average Bonchev–Trinajstić information content (AvgIpc) is 3.05. The Labute approximate surface area is 121 Å². The van der Waals surface area contributed by atoms with Crippen molar-refractivity contribution < 1.29 is 19.4 Å². The highest BCUT2D eigenvalue weighted by Crippen LogP contribution is 2.24. The molecule has 110 valence electrons. The van der Waals surface area contributed by atoms with Crippen molar-refractivity contribution in [2.24, 2.45) is 0 Å². The quantitative estimate of drug-likeness (QED) is 0.772. The molecule has 0 bridgehead atoms. The van der Waals surface area contributed by atoms with E-state index >= 15 is 0 Å². The van der Waals surface area contributed by atoms with E-state index in [9.17, 15) is 9.59 Å². The van der Waals surface area contributed by atoms with Crippen molar-refractivity contribution >= 4 is 23.3 Å². The molecule has 0 aliphatic carbocycles. The summed E-state index contributed by atoms with van der Waals surface area (Å²) in [6.45, 7) is 3.01. The van der Waals surface area contributed by atoms with Gasteiger partial charge in [-0.25, -0.2) is 9.59 Å². The van der Waals surface area contributed by atoms with Gasteiger partial charge in [-0.3, -0.25) is 0 Å². The summed E-state index contributed by atoms with van der Waals surface area (Å²) in [5.41, 5.74) is -0.348. The molecule has 0 saturated carbocycles. The third-order valence-electron chi connectivity index (χ3n) is 3.27. The Morgan fingerprint density at radius 1 is 1.60 bits per heavy atom. The molecule has 0 radical (unpaired) electrons. The van der Waals surface area contributed by atoms with Gasteiger partial charge in [0, 0.05) is 18.0 Å². The predicted octanol–water partition coefficient (Wildman–Crippen LogP) is 1.74. The maximum absolute atomic E-state index is 11.8. The minimum Gasteiger partial charge on any atom is -0.479 e. The van der Waals surface area contributed by atoms with Crippen LogP contribution in [0.15, 0.2) is 17.5 Å². The first-order valence-electron chi connectivity index (χ1n) is 6.45. The third kappa shape index (κ3) is 3.71. The summed E-state index contributed by atoms with van der Waals surface area (Å²) < 4.78 is 5.56. The lowest BCUT2D eigenvalue weighted by molar-refractivity contribution is -0.139. The first kappa shape index (κ1) is 14.8. The number of hydrogen-bond acceptors (Lipinski definition) is 4. The largest absolute Gasteiger partial charge is 0.479 e. The van der Waals surface area contributed by atoms with Gasteiger partial charge in [-0.1, -0.05) is 6.07 Å². The molecule has 20 heavy (non-hydrogen) atoms. The van der Waals surface area contributed by atoms with E-state index in [1.807, 2.05) is 6.92 Å². The smallest absolute Gasteiger partial charge is 0.331 e. The minimum atomic E-state index is -1.08. The zero-order valence-electron chi connectivity index (χ0n) is 11.2. The fourth-order valence-corrected chi connectivity index (χ4v) is 2.90. The number of carbonyl (C=O) groups is 2. The van der Waals surface area contributed by atoms with E-state index in [1.54, 1.807) is 17.5 Å². The summed E-state index contributed by atoms with van der Waals surface area (Å²) in [6, 6.07) is 1.92. The van der Waals surface area contributed by atoms with Crippen LogP contribution in [0.2, 0.25) is 0 Å². The Morgan fingerprint density at radius 3 is 2.95 bits per heavy atom. The molecule has 3 N–H and O–H groups in total.